The summed E-state index contributed by atoms with van der Waals surface area (Å²) >= 11 is 6.18. The second-order valence-electron chi connectivity index (χ2n) is 10.0. The molecule has 1 aliphatic heterocycles. The number of Topliss-reactive ketones (excluding diaryl/α,β-unsaturated/α-hetero) is 1. The molecule has 0 bridgehead atoms. The van der Waals surface area contributed by atoms with Gasteiger partial charge in [0, 0.05) is 42.3 Å². The van der Waals surface area contributed by atoms with E-state index in [0.717, 1.165) is 12.0 Å². The molecular weight excluding hydrogens is 494 g/mol. The van der Waals surface area contributed by atoms with Crippen molar-refractivity contribution >= 4 is 40.8 Å². The largest absolute Gasteiger partial charge is 0.357 e. The van der Waals surface area contributed by atoms with Crippen LogP contribution in [-0.4, -0.2) is 46.6 Å². The monoisotopic (exact) mass is 518 g/mol. The molecule has 190 valence electrons. The zero-order valence-corrected chi connectivity index (χ0v) is 20.7. The summed E-state index contributed by atoms with van der Waals surface area (Å²) in [5.41, 5.74) is 0.763. The van der Waals surface area contributed by atoms with Crippen molar-refractivity contribution in [3.05, 3.63) is 51.3 Å². The number of hydrogen-bond donors (Lipinski definition) is 3. The topological polar surface area (TPSA) is 109 Å². The summed E-state index contributed by atoms with van der Waals surface area (Å²) < 4.78 is 29.1. The minimum absolute atomic E-state index is 0.0632. The molecule has 0 unspecified atom stereocenters. The molecular formula is C25H25ClF2N4O4. The maximum atomic E-state index is 13.6. The van der Waals surface area contributed by atoms with Gasteiger partial charge >= 0.3 is 0 Å². The van der Waals surface area contributed by atoms with Crippen molar-refractivity contribution in [2.45, 2.75) is 57.0 Å². The number of likely N-dealkylation sites (N-methyl/N-ethyl adjacent to an activating group) is 1. The van der Waals surface area contributed by atoms with Crippen LogP contribution in [0.3, 0.4) is 0 Å². The molecule has 11 heteroatoms. The highest BCUT2D eigenvalue weighted by atomic mass is 35.5. The van der Waals surface area contributed by atoms with Gasteiger partial charge in [0.15, 0.2) is 0 Å². The number of aromatic nitrogens is 1. The van der Waals surface area contributed by atoms with Gasteiger partial charge in [0.1, 0.15) is 11.2 Å². The van der Waals surface area contributed by atoms with Gasteiger partial charge in [0.2, 0.25) is 5.91 Å². The molecule has 2 heterocycles. The van der Waals surface area contributed by atoms with E-state index in [1.165, 1.54) is 7.05 Å². The van der Waals surface area contributed by atoms with E-state index in [4.69, 9.17) is 11.6 Å². The number of aryl methyl sites for hydroxylation is 1. The van der Waals surface area contributed by atoms with Gasteiger partial charge in [-0.1, -0.05) is 17.7 Å². The molecule has 2 saturated carbocycles. The standard InChI is InChI=1S/C25H25ClF2N4O4/c1-11-4-5-14(8-15(11)26)30-21(34)19-12(2)18(17-7-13-6-16(13)32(17)19)20(33)22(35)31-24(23(36)29-3)9-25(27,28)10-24/h4-5,8,13,16H,6-7,9-10H2,1-3H3,(H,29,36)(H,30,34)(H,31,35)/t13-,16-/m0/s1. The molecule has 0 radical (unpaired) electrons. The van der Waals surface area contributed by atoms with Gasteiger partial charge in [0.25, 0.3) is 23.5 Å². The molecule has 1 aromatic heterocycles. The van der Waals surface area contributed by atoms with Crippen molar-refractivity contribution in [3.63, 3.8) is 0 Å². The highest BCUT2D eigenvalue weighted by Crippen LogP contribution is 2.54. The number of nitrogens with one attached hydrogen (secondary N) is 3. The van der Waals surface area contributed by atoms with E-state index >= 15 is 0 Å². The van der Waals surface area contributed by atoms with Crippen LogP contribution < -0.4 is 16.0 Å². The third kappa shape index (κ3) is 3.78. The van der Waals surface area contributed by atoms with Crippen LogP contribution in [0.2, 0.25) is 5.02 Å². The van der Waals surface area contributed by atoms with Gasteiger partial charge in [-0.05, 0) is 55.9 Å². The fraction of sp³-hybridized carbons (Fsp3) is 0.440. The molecule has 2 atom stereocenters. The lowest BCUT2D eigenvalue weighted by Gasteiger charge is -2.45. The number of halogens is 3. The van der Waals surface area contributed by atoms with Crippen molar-refractivity contribution in [3.8, 4) is 0 Å². The van der Waals surface area contributed by atoms with E-state index in [0.29, 0.717) is 28.4 Å². The van der Waals surface area contributed by atoms with Gasteiger partial charge in [-0.15, -0.1) is 0 Å². The third-order valence-corrected chi connectivity index (χ3v) is 7.84. The predicted octanol–water partition coefficient (Wildman–Crippen LogP) is 3.34. The number of rotatable bonds is 6. The molecule has 0 saturated heterocycles. The molecule has 1 aromatic carbocycles. The van der Waals surface area contributed by atoms with Crippen LogP contribution in [0.25, 0.3) is 0 Å². The SMILES string of the molecule is CNC(=O)C1(NC(=O)C(=O)c2c(C)c(C(=O)Nc3ccc(C)c(Cl)c3)n3c2C[C@@H]2C[C@@H]23)CC(F)(F)C1. The predicted molar refractivity (Wildman–Crippen MR) is 128 cm³/mol. The molecule has 3 aliphatic rings. The van der Waals surface area contributed by atoms with Crippen molar-refractivity contribution < 1.29 is 28.0 Å². The van der Waals surface area contributed by atoms with Crippen molar-refractivity contribution in [1.29, 1.82) is 0 Å². The number of fused-ring (bicyclic) bond motifs is 3. The van der Waals surface area contributed by atoms with E-state index in [9.17, 15) is 28.0 Å². The Kier molecular flexibility index (Phi) is 5.51. The maximum Gasteiger partial charge on any atom is 0.293 e. The summed E-state index contributed by atoms with van der Waals surface area (Å²) in [5.74, 6) is -6.16. The van der Waals surface area contributed by atoms with E-state index in [-0.39, 0.29) is 23.2 Å². The van der Waals surface area contributed by atoms with Crippen molar-refractivity contribution in [1.82, 2.24) is 15.2 Å². The van der Waals surface area contributed by atoms with E-state index in [2.05, 4.69) is 16.0 Å². The smallest absolute Gasteiger partial charge is 0.293 e. The fourth-order valence-corrected chi connectivity index (χ4v) is 5.74. The minimum atomic E-state index is -3.11. The lowest BCUT2D eigenvalue weighted by atomic mass is 9.72. The summed E-state index contributed by atoms with van der Waals surface area (Å²) in [6.45, 7) is 3.43. The first-order valence-corrected chi connectivity index (χ1v) is 12.0. The number of hydrogen-bond acceptors (Lipinski definition) is 4. The Morgan fingerprint density at radius 3 is 2.44 bits per heavy atom. The third-order valence-electron chi connectivity index (χ3n) is 7.44. The number of alkyl halides is 2. The fourth-order valence-electron chi connectivity index (χ4n) is 5.56. The van der Waals surface area contributed by atoms with Crippen molar-refractivity contribution in [2.75, 3.05) is 12.4 Å². The average Bonchev–Trinajstić information content (AvgIpc) is 3.37. The Balaban J connectivity index is 1.45. The molecule has 3 N–H and O–H groups in total. The van der Waals surface area contributed by atoms with Crippen LogP contribution in [0.15, 0.2) is 18.2 Å². The van der Waals surface area contributed by atoms with Gasteiger partial charge < -0.3 is 20.5 Å². The number of nitrogens with zero attached hydrogens (tertiary/aromatic N) is 1. The van der Waals surface area contributed by atoms with E-state index < -0.39 is 47.8 Å². The Morgan fingerprint density at radius 2 is 1.83 bits per heavy atom. The highest BCUT2D eigenvalue weighted by Gasteiger charge is 2.62. The van der Waals surface area contributed by atoms with Crippen LogP contribution in [0.1, 0.15) is 63.0 Å². The molecule has 2 fully saturated rings. The normalized spacial score (nSPS) is 22.1. The summed E-state index contributed by atoms with van der Waals surface area (Å²) in [7, 11) is 1.28. The number of carbonyl (C=O) groups is 4. The quantitative estimate of drug-likeness (QED) is 0.402. The summed E-state index contributed by atoms with van der Waals surface area (Å²) in [5, 5.41) is 7.84. The first-order chi connectivity index (χ1) is 16.9. The van der Waals surface area contributed by atoms with Gasteiger partial charge in [-0.2, -0.15) is 0 Å². The average molecular weight is 519 g/mol. The number of anilines is 1. The Morgan fingerprint density at radius 1 is 1.14 bits per heavy atom. The summed E-state index contributed by atoms with van der Waals surface area (Å²) in [6, 6.07) is 5.18. The highest BCUT2D eigenvalue weighted by molar-refractivity contribution is 6.44. The number of benzene rings is 1. The van der Waals surface area contributed by atoms with Gasteiger partial charge in [-0.3, -0.25) is 19.2 Å². The molecule has 2 aliphatic carbocycles. The number of carbonyl (C=O) groups excluding carboxylic acids is 4. The zero-order valence-electron chi connectivity index (χ0n) is 19.9. The Bertz CT molecular complexity index is 1340. The Hall–Kier alpha value is -3.27. The molecule has 0 spiro atoms. The second kappa shape index (κ2) is 8.12. The number of amides is 3. The first-order valence-electron chi connectivity index (χ1n) is 11.7. The van der Waals surface area contributed by atoms with Gasteiger partial charge in [0.05, 0.1) is 5.56 Å². The van der Waals surface area contributed by atoms with Gasteiger partial charge in [-0.25, -0.2) is 8.78 Å². The lowest BCUT2D eigenvalue weighted by molar-refractivity contribution is -0.164. The van der Waals surface area contributed by atoms with Crippen LogP contribution >= 0.6 is 11.6 Å². The lowest BCUT2D eigenvalue weighted by Crippen LogP contribution is -2.69. The number of ketones is 1. The van der Waals surface area contributed by atoms with Crippen LogP contribution in [-0.2, 0) is 16.0 Å². The summed E-state index contributed by atoms with van der Waals surface area (Å²) in [6.07, 6.45) is -0.375. The molecule has 5 rings (SSSR count). The second-order valence-corrected chi connectivity index (χ2v) is 10.4. The zero-order chi connectivity index (χ0) is 26.2. The van der Waals surface area contributed by atoms with E-state index in [1.807, 2.05) is 11.5 Å². The molecule has 8 nitrogen and oxygen atoms in total. The van der Waals surface area contributed by atoms with Crippen LogP contribution in [0, 0.1) is 19.8 Å². The van der Waals surface area contributed by atoms with Crippen LogP contribution in [0.4, 0.5) is 14.5 Å². The Labute approximate surface area is 210 Å². The van der Waals surface area contributed by atoms with E-state index in [1.54, 1.807) is 25.1 Å². The molecule has 36 heavy (non-hydrogen) atoms. The minimum Gasteiger partial charge on any atom is -0.357 e. The van der Waals surface area contributed by atoms with Crippen LogP contribution in [0.5, 0.6) is 0 Å². The van der Waals surface area contributed by atoms with Crippen molar-refractivity contribution in [2.24, 2.45) is 5.92 Å². The maximum absolute atomic E-state index is 13.6. The molecule has 3 amide bonds. The first kappa shape index (κ1) is 24.4. The summed E-state index contributed by atoms with van der Waals surface area (Å²) in [4.78, 5) is 51.9. The molecule has 2 aromatic rings.